The van der Waals surface area contributed by atoms with Crippen LogP contribution in [0, 0.1) is 6.92 Å². The quantitative estimate of drug-likeness (QED) is 0.566. The van der Waals surface area contributed by atoms with E-state index in [1.54, 1.807) is 0 Å². The van der Waals surface area contributed by atoms with E-state index in [9.17, 15) is 4.79 Å². The second-order valence-electron chi connectivity index (χ2n) is 9.09. The van der Waals surface area contributed by atoms with Crippen LogP contribution in [0.2, 0.25) is 0 Å². The van der Waals surface area contributed by atoms with Crippen LogP contribution in [0.25, 0.3) is 0 Å². The van der Waals surface area contributed by atoms with Crippen molar-refractivity contribution in [2.24, 2.45) is 0 Å². The Bertz CT molecular complexity index is 1100. The number of benzene rings is 1. The van der Waals surface area contributed by atoms with E-state index in [-0.39, 0.29) is 11.9 Å². The summed E-state index contributed by atoms with van der Waals surface area (Å²) in [5.74, 6) is 1.85. The van der Waals surface area contributed by atoms with Crippen molar-refractivity contribution < 1.29 is 4.79 Å². The Morgan fingerprint density at radius 1 is 1.00 bits per heavy atom. The molecular weight excluding hydrogens is 410 g/mol. The summed E-state index contributed by atoms with van der Waals surface area (Å²) >= 11 is 0. The Kier molecular flexibility index (Phi) is 6.44. The number of carbonyl (C=O) groups excluding carboxylic acids is 1. The molecule has 0 aliphatic carbocycles. The average Bonchev–Trinajstić information content (AvgIpc) is 2.85. The average molecular weight is 442 g/mol. The Labute approximate surface area is 195 Å². The highest BCUT2D eigenvalue weighted by molar-refractivity contribution is 5.95. The molecule has 0 N–H and O–H groups in total. The van der Waals surface area contributed by atoms with Gasteiger partial charge in [0.2, 0.25) is 5.91 Å². The lowest BCUT2D eigenvalue weighted by atomic mass is 9.98. The lowest BCUT2D eigenvalue weighted by Gasteiger charge is -2.36. The minimum atomic E-state index is 0.163. The smallest absolute Gasteiger partial charge is 0.228 e. The van der Waals surface area contributed by atoms with Crippen LogP contribution in [0.3, 0.4) is 0 Å². The molecule has 4 heterocycles. The fourth-order valence-electron chi connectivity index (χ4n) is 5.07. The number of nitrogens with zero attached hydrogens (tertiary/aromatic N) is 5. The molecule has 2 aliphatic heterocycles. The maximum atomic E-state index is 12.9. The van der Waals surface area contributed by atoms with Crippen molar-refractivity contribution in [2.75, 3.05) is 18.0 Å². The second-order valence-corrected chi connectivity index (χ2v) is 9.09. The van der Waals surface area contributed by atoms with Crippen LogP contribution >= 0.6 is 0 Å². The Morgan fingerprint density at radius 2 is 1.85 bits per heavy atom. The monoisotopic (exact) mass is 441 g/mol. The molecule has 0 unspecified atom stereocenters. The highest BCUT2D eigenvalue weighted by Gasteiger charge is 2.32. The second kappa shape index (κ2) is 9.79. The molecule has 6 heteroatoms. The molecule has 0 spiro atoms. The number of pyridine rings is 1. The van der Waals surface area contributed by atoms with Crippen molar-refractivity contribution in [3.8, 4) is 0 Å². The number of amides is 1. The van der Waals surface area contributed by atoms with Crippen molar-refractivity contribution in [1.29, 1.82) is 0 Å². The van der Waals surface area contributed by atoms with Gasteiger partial charge in [-0.05, 0) is 56.3 Å². The van der Waals surface area contributed by atoms with Crippen LogP contribution in [-0.2, 0) is 24.2 Å². The SMILES string of the molecule is Cc1nc([C@@H]2CCCCN2Cc2cccnc2)nc2c1CCC(=O)N2CCc1ccccc1. The van der Waals surface area contributed by atoms with E-state index in [0.717, 1.165) is 55.3 Å². The van der Waals surface area contributed by atoms with Gasteiger partial charge < -0.3 is 0 Å². The van der Waals surface area contributed by atoms with Gasteiger partial charge in [-0.3, -0.25) is 19.6 Å². The first-order valence-corrected chi connectivity index (χ1v) is 12.0. The predicted octanol–water partition coefficient (Wildman–Crippen LogP) is 4.43. The number of aryl methyl sites for hydroxylation is 1. The zero-order valence-corrected chi connectivity index (χ0v) is 19.3. The minimum Gasteiger partial charge on any atom is -0.296 e. The van der Waals surface area contributed by atoms with Gasteiger partial charge in [0.25, 0.3) is 0 Å². The van der Waals surface area contributed by atoms with Crippen LogP contribution in [0.1, 0.15) is 59.9 Å². The number of anilines is 1. The molecule has 2 aliphatic rings. The molecule has 0 bridgehead atoms. The molecular formula is C27H31N5O. The fraction of sp³-hybridized carbons (Fsp3) is 0.407. The van der Waals surface area contributed by atoms with Crippen molar-refractivity contribution in [2.45, 2.75) is 58.0 Å². The summed E-state index contributed by atoms with van der Waals surface area (Å²) < 4.78 is 0. The maximum Gasteiger partial charge on any atom is 0.228 e. The van der Waals surface area contributed by atoms with Crippen LogP contribution in [0.15, 0.2) is 54.9 Å². The van der Waals surface area contributed by atoms with Crippen LogP contribution in [-0.4, -0.2) is 38.8 Å². The van der Waals surface area contributed by atoms with Gasteiger partial charge in [-0.15, -0.1) is 0 Å². The number of carbonyl (C=O) groups is 1. The van der Waals surface area contributed by atoms with E-state index < -0.39 is 0 Å². The molecule has 2 aromatic heterocycles. The fourth-order valence-corrected chi connectivity index (χ4v) is 5.07. The van der Waals surface area contributed by atoms with Gasteiger partial charge in [-0.25, -0.2) is 9.97 Å². The number of aromatic nitrogens is 3. The number of fused-ring (bicyclic) bond motifs is 1. The van der Waals surface area contributed by atoms with Gasteiger partial charge in [-0.2, -0.15) is 0 Å². The Hall–Kier alpha value is -3.12. The van der Waals surface area contributed by atoms with Gasteiger partial charge in [0.1, 0.15) is 11.6 Å². The molecule has 1 aromatic carbocycles. The van der Waals surface area contributed by atoms with E-state index in [2.05, 4.69) is 35.0 Å². The number of hydrogen-bond donors (Lipinski definition) is 0. The molecule has 3 aromatic rings. The Morgan fingerprint density at radius 3 is 2.67 bits per heavy atom. The lowest BCUT2D eigenvalue weighted by Crippen LogP contribution is -2.39. The summed E-state index contributed by atoms with van der Waals surface area (Å²) in [6.45, 7) is 4.59. The van der Waals surface area contributed by atoms with Gasteiger partial charge in [0.05, 0.1) is 6.04 Å². The zero-order chi connectivity index (χ0) is 22.6. The van der Waals surface area contributed by atoms with Crippen molar-refractivity contribution in [3.63, 3.8) is 0 Å². The van der Waals surface area contributed by atoms with Crippen LogP contribution in [0.5, 0.6) is 0 Å². The Balaban J connectivity index is 1.43. The minimum absolute atomic E-state index is 0.163. The third-order valence-corrected chi connectivity index (χ3v) is 6.84. The molecule has 6 nitrogen and oxygen atoms in total. The summed E-state index contributed by atoms with van der Waals surface area (Å²) in [4.78, 5) is 31.6. The largest absolute Gasteiger partial charge is 0.296 e. The summed E-state index contributed by atoms with van der Waals surface area (Å²) in [6, 6.07) is 14.6. The molecule has 0 radical (unpaired) electrons. The summed E-state index contributed by atoms with van der Waals surface area (Å²) in [5, 5.41) is 0. The van der Waals surface area contributed by atoms with E-state index in [1.165, 1.54) is 24.0 Å². The van der Waals surface area contributed by atoms with Crippen LogP contribution in [0.4, 0.5) is 5.82 Å². The lowest BCUT2D eigenvalue weighted by molar-refractivity contribution is -0.118. The first kappa shape index (κ1) is 21.7. The number of rotatable bonds is 6. The van der Waals surface area contributed by atoms with E-state index in [4.69, 9.17) is 9.97 Å². The molecule has 1 saturated heterocycles. The van der Waals surface area contributed by atoms with E-state index >= 15 is 0 Å². The number of piperidine rings is 1. The highest BCUT2D eigenvalue weighted by atomic mass is 16.2. The van der Waals surface area contributed by atoms with Gasteiger partial charge in [0.15, 0.2) is 0 Å². The third-order valence-electron chi connectivity index (χ3n) is 6.84. The molecule has 0 saturated carbocycles. The summed E-state index contributed by atoms with van der Waals surface area (Å²) in [6.07, 6.45) is 9.22. The van der Waals surface area contributed by atoms with Crippen molar-refractivity contribution in [3.05, 3.63) is 83.1 Å². The topological polar surface area (TPSA) is 62.2 Å². The number of likely N-dealkylation sites (tertiary alicyclic amines) is 1. The molecule has 33 heavy (non-hydrogen) atoms. The predicted molar refractivity (Wildman–Crippen MR) is 129 cm³/mol. The maximum absolute atomic E-state index is 12.9. The first-order chi connectivity index (χ1) is 16.2. The van der Waals surface area contributed by atoms with Crippen molar-refractivity contribution >= 4 is 11.7 Å². The first-order valence-electron chi connectivity index (χ1n) is 12.0. The van der Waals surface area contributed by atoms with Gasteiger partial charge in [0, 0.05) is 43.2 Å². The van der Waals surface area contributed by atoms with Gasteiger partial charge in [-0.1, -0.05) is 42.8 Å². The summed E-state index contributed by atoms with van der Waals surface area (Å²) in [7, 11) is 0. The van der Waals surface area contributed by atoms with Gasteiger partial charge >= 0.3 is 0 Å². The van der Waals surface area contributed by atoms with Crippen molar-refractivity contribution in [1.82, 2.24) is 19.9 Å². The standard InChI is InChI=1S/C27H31N5O/c1-20-23-12-13-25(33)32(17-14-21-8-3-2-4-9-21)27(23)30-26(29-20)24-11-5-6-16-31(24)19-22-10-7-15-28-18-22/h2-4,7-10,15,18,24H,5-6,11-14,16-17,19H2,1H3/t24-/m0/s1. The molecule has 170 valence electrons. The van der Waals surface area contributed by atoms with E-state index in [0.29, 0.717) is 13.0 Å². The van der Waals surface area contributed by atoms with Crippen LogP contribution < -0.4 is 4.90 Å². The van der Waals surface area contributed by atoms with E-state index in [1.807, 2.05) is 41.6 Å². The summed E-state index contributed by atoms with van der Waals surface area (Å²) in [5.41, 5.74) is 4.58. The zero-order valence-electron chi connectivity index (χ0n) is 19.3. The molecule has 1 amide bonds. The third kappa shape index (κ3) is 4.81. The molecule has 1 fully saturated rings. The molecule has 1 atom stereocenters. The highest BCUT2D eigenvalue weighted by Crippen LogP contribution is 2.34. The molecule has 5 rings (SSSR count). The number of hydrogen-bond acceptors (Lipinski definition) is 5. The normalized spacial score (nSPS) is 18.9.